The summed E-state index contributed by atoms with van der Waals surface area (Å²) in [6.07, 6.45) is 5.28. The molecule has 2 rings (SSSR count). The zero-order valence-electron chi connectivity index (χ0n) is 9.54. The first-order valence-electron chi connectivity index (χ1n) is 5.57. The van der Waals surface area contributed by atoms with Crippen LogP contribution in [0.1, 0.15) is 0 Å². The van der Waals surface area contributed by atoms with Crippen LogP contribution in [0.3, 0.4) is 0 Å². The van der Waals surface area contributed by atoms with E-state index < -0.39 is 9.04 Å². The summed E-state index contributed by atoms with van der Waals surface area (Å²) in [5.74, 6) is 2.55. The zero-order valence-corrected chi connectivity index (χ0v) is 10.7. The summed E-state index contributed by atoms with van der Waals surface area (Å²) in [6, 6.07) is 20.6. The molecule has 2 aromatic rings. The van der Waals surface area contributed by atoms with Gasteiger partial charge in [-0.1, -0.05) is 66.6 Å². The van der Waals surface area contributed by atoms with Crippen LogP contribution >= 0.6 is 0 Å². The maximum Gasteiger partial charge on any atom is 0.241 e. The van der Waals surface area contributed by atoms with Gasteiger partial charge in [-0.15, -0.1) is 6.42 Å². The zero-order chi connectivity index (χ0) is 11.9. The average molecular weight is 238 g/mol. The van der Waals surface area contributed by atoms with Gasteiger partial charge in [-0.05, 0) is 10.4 Å². The molecule has 17 heavy (non-hydrogen) atoms. The van der Waals surface area contributed by atoms with Crippen molar-refractivity contribution in [2.45, 2.75) is 0 Å². The van der Waals surface area contributed by atoms with Gasteiger partial charge in [0, 0.05) is 0 Å². The van der Waals surface area contributed by atoms with Gasteiger partial charge in [0.1, 0.15) is 0 Å². The number of hydrogen-bond acceptors (Lipinski definition) is 1. The molecule has 0 N–H and O–H groups in total. The topological polar surface area (TPSA) is 9.23 Å². The predicted molar refractivity (Wildman–Crippen MR) is 74.1 cm³/mol. The third-order valence-electron chi connectivity index (χ3n) is 2.54. The fraction of sp³-hybridized carbons (Fsp3) is 0.0667. The molecule has 0 heterocycles. The smallest absolute Gasteiger partial charge is 0.241 e. The molecule has 0 aromatic heterocycles. The summed E-state index contributed by atoms with van der Waals surface area (Å²) in [4.78, 5) is 0. The van der Waals surface area contributed by atoms with Crippen LogP contribution in [0.15, 0.2) is 60.7 Å². The molecule has 0 aliphatic carbocycles. The molecule has 0 amide bonds. The van der Waals surface area contributed by atoms with Crippen molar-refractivity contribution >= 4 is 19.4 Å². The molecule has 0 atom stereocenters. The van der Waals surface area contributed by atoms with Crippen LogP contribution in [0.2, 0.25) is 0 Å². The van der Waals surface area contributed by atoms with E-state index in [0.717, 1.165) is 0 Å². The maximum absolute atomic E-state index is 5.87. The second-order valence-corrected chi connectivity index (χ2v) is 6.14. The molecule has 1 nitrogen and oxygen atoms in total. The van der Waals surface area contributed by atoms with E-state index in [4.69, 9.17) is 10.8 Å². The van der Waals surface area contributed by atoms with Gasteiger partial charge in [0.2, 0.25) is 9.04 Å². The Kier molecular flexibility index (Phi) is 4.15. The molecule has 2 heteroatoms. The van der Waals surface area contributed by atoms with Crippen molar-refractivity contribution in [2.75, 3.05) is 6.61 Å². The normalized spacial score (nSPS) is 10.1. The van der Waals surface area contributed by atoms with Gasteiger partial charge in [-0.3, -0.25) is 0 Å². The molecule has 0 spiro atoms. The van der Waals surface area contributed by atoms with Crippen LogP contribution in [0.5, 0.6) is 0 Å². The van der Waals surface area contributed by atoms with Crippen LogP contribution in [0, 0.1) is 12.3 Å². The van der Waals surface area contributed by atoms with Crippen molar-refractivity contribution in [2.24, 2.45) is 0 Å². The molecular formula is C15H14OSi. The van der Waals surface area contributed by atoms with Crippen molar-refractivity contribution in [3.05, 3.63) is 60.7 Å². The van der Waals surface area contributed by atoms with Crippen molar-refractivity contribution in [3.63, 3.8) is 0 Å². The second kappa shape index (κ2) is 6.05. The van der Waals surface area contributed by atoms with Gasteiger partial charge in [-0.2, -0.15) is 0 Å². The highest BCUT2D eigenvalue weighted by molar-refractivity contribution is 6.80. The summed E-state index contributed by atoms with van der Waals surface area (Å²) in [5, 5.41) is 2.52. The summed E-state index contributed by atoms with van der Waals surface area (Å²) >= 11 is 0. The van der Waals surface area contributed by atoms with E-state index in [1.54, 1.807) is 0 Å². The monoisotopic (exact) mass is 238 g/mol. The highest BCUT2D eigenvalue weighted by Crippen LogP contribution is 1.94. The molecule has 0 bridgehead atoms. The van der Waals surface area contributed by atoms with E-state index in [9.17, 15) is 0 Å². The van der Waals surface area contributed by atoms with Crippen molar-refractivity contribution < 1.29 is 4.43 Å². The van der Waals surface area contributed by atoms with Crippen LogP contribution in [-0.2, 0) is 4.43 Å². The van der Waals surface area contributed by atoms with Crippen molar-refractivity contribution in [1.29, 1.82) is 0 Å². The Morgan fingerprint density at radius 1 is 0.882 bits per heavy atom. The third kappa shape index (κ3) is 3.07. The summed E-state index contributed by atoms with van der Waals surface area (Å²) < 4.78 is 5.87. The molecular weight excluding hydrogens is 224 g/mol. The quantitative estimate of drug-likeness (QED) is 0.574. The molecule has 0 aliphatic heterocycles. The minimum Gasteiger partial charge on any atom is -0.400 e. The Hall–Kier alpha value is -1.82. The molecule has 0 saturated carbocycles. The highest BCUT2D eigenvalue weighted by Gasteiger charge is 2.16. The van der Waals surface area contributed by atoms with Crippen molar-refractivity contribution in [1.82, 2.24) is 0 Å². The minimum absolute atomic E-state index is 0.376. The van der Waals surface area contributed by atoms with Crippen LogP contribution in [0.25, 0.3) is 0 Å². The fourth-order valence-corrected chi connectivity index (χ4v) is 3.95. The Bertz CT molecular complexity index is 448. The number of hydrogen-bond donors (Lipinski definition) is 0. The first kappa shape index (κ1) is 11.7. The largest absolute Gasteiger partial charge is 0.400 e. The lowest BCUT2D eigenvalue weighted by Gasteiger charge is -2.15. The Labute approximate surface area is 104 Å². The van der Waals surface area contributed by atoms with Gasteiger partial charge < -0.3 is 4.43 Å². The lowest BCUT2D eigenvalue weighted by molar-refractivity contribution is 0.391. The van der Waals surface area contributed by atoms with Gasteiger partial charge >= 0.3 is 0 Å². The number of terminal acetylenes is 1. The van der Waals surface area contributed by atoms with Gasteiger partial charge in [-0.25, -0.2) is 0 Å². The Morgan fingerprint density at radius 3 is 1.76 bits per heavy atom. The minimum atomic E-state index is -1.61. The second-order valence-electron chi connectivity index (χ2n) is 3.72. The Morgan fingerprint density at radius 2 is 1.35 bits per heavy atom. The van der Waals surface area contributed by atoms with Crippen LogP contribution in [0.4, 0.5) is 0 Å². The number of rotatable bonds is 4. The van der Waals surface area contributed by atoms with Gasteiger partial charge in [0.05, 0.1) is 6.61 Å². The van der Waals surface area contributed by atoms with Gasteiger partial charge in [0.15, 0.2) is 0 Å². The standard InChI is InChI=1S/C15H14OSi/c1-2-13-16-17(14-9-5-3-6-10-14)15-11-7-4-8-12-15/h1,3-12,17H,13H2. The molecule has 0 radical (unpaired) electrons. The molecule has 2 aromatic carbocycles. The van der Waals surface area contributed by atoms with Crippen LogP contribution < -0.4 is 10.4 Å². The lowest BCUT2D eigenvalue weighted by Crippen LogP contribution is -2.44. The Balaban J connectivity index is 2.30. The van der Waals surface area contributed by atoms with E-state index in [2.05, 4.69) is 30.2 Å². The van der Waals surface area contributed by atoms with Crippen molar-refractivity contribution in [3.8, 4) is 12.3 Å². The lowest BCUT2D eigenvalue weighted by atomic mass is 10.4. The van der Waals surface area contributed by atoms with E-state index in [1.807, 2.05) is 36.4 Å². The highest BCUT2D eigenvalue weighted by atomic mass is 28.3. The SMILES string of the molecule is C#CCO[SiH](c1ccccc1)c1ccccc1. The average Bonchev–Trinajstić information content (AvgIpc) is 2.42. The third-order valence-corrected chi connectivity index (χ3v) is 5.02. The molecule has 0 unspecified atom stereocenters. The summed E-state index contributed by atoms with van der Waals surface area (Å²) in [6.45, 7) is 0.376. The van der Waals surface area contributed by atoms with E-state index in [-0.39, 0.29) is 0 Å². The number of benzene rings is 2. The van der Waals surface area contributed by atoms with E-state index in [0.29, 0.717) is 6.61 Å². The van der Waals surface area contributed by atoms with E-state index in [1.165, 1.54) is 10.4 Å². The first-order chi connectivity index (χ1) is 8.42. The maximum atomic E-state index is 5.87. The fourth-order valence-electron chi connectivity index (χ4n) is 1.77. The summed E-state index contributed by atoms with van der Waals surface area (Å²) in [5.41, 5.74) is 0. The summed E-state index contributed by atoms with van der Waals surface area (Å²) in [7, 11) is -1.61. The van der Waals surface area contributed by atoms with Gasteiger partial charge in [0.25, 0.3) is 0 Å². The molecule has 0 saturated heterocycles. The molecule has 0 aliphatic rings. The molecule has 84 valence electrons. The predicted octanol–water partition coefficient (Wildman–Crippen LogP) is 1.17. The molecule has 0 fully saturated rings. The van der Waals surface area contributed by atoms with Crippen LogP contribution in [-0.4, -0.2) is 15.6 Å². The first-order valence-corrected chi connectivity index (χ1v) is 7.19. The van der Waals surface area contributed by atoms with E-state index >= 15 is 0 Å².